The van der Waals surface area contributed by atoms with Crippen LogP contribution in [0.4, 0.5) is 5.69 Å². The number of unbranched alkanes of at least 4 members (excludes halogenated alkanes) is 3. The Hall–Kier alpha value is -2.13. The fourth-order valence-electron chi connectivity index (χ4n) is 3.95. The molecule has 0 radical (unpaired) electrons. The second-order valence-electron chi connectivity index (χ2n) is 7.41. The highest BCUT2D eigenvalue weighted by Gasteiger charge is 2.52. The average Bonchev–Trinajstić information content (AvgIpc) is 2.89. The van der Waals surface area contributed by atoms with Crippen LogP contribution in [-0.2, 0) is 16.9 Å². The lowest BCUT2D eigenvalue weighted by atomic mass is 9.80. The van der Waals surface area contributed by atoms with Gasteiger partial charge in [-0.25, -0.2) is 0 Å². The quantitative estimate of drug-likeness (QED) is 0.678. The molecular formula is C23H29NO2. The number of carbonyl (C=O) groups is 1. The van der Waals surface area contributed by atoms with Gasteiger partial charge in [0.15, 0.2) is 5.60 Å². The van der Waals surface area contributed by atoms with E-state index in [9.17, 15) is 9.90 Å². The van der Waals surface area contributed by atoms with Gasteiger partial charge in [-0.15, -0.1) is 0 Å². The highest BCUT2D eigenvalue weighted by atomic mass is 16.3. The van der Waals surface area contributed by atoms with Gasteiger partial charge in [-0.05, 0) is 24.0 Å². The second kappa shape index (κ2) is 8.05. The second-order valence-corrected chi connectivity index (χ2v) is 7.41. The first-order valence-corrected chi connectivity index (χ1v) is 9.76. The van der Waals surface area contributed by atoms with Crippen LogP contribution in [0.25, 0.3) is 0 Å². The van der Waals surface area contributed by atoms with E-state index >= 15 is 0 Å². The first kappa shape index (κ1) is 18.7. The van der Waals surface area contributed by atoms with Crippen molar-refractivity contribution in [2.24, 2.45) is 5.92 Å². The number of benzene rings is 2. The SMILES string of the molecule is CCCCCC[C@H](C)[C@]1(O)C(=O)N(Cc2ccccc2)c2ccccc21. The first-order chi connectivity index (χ1) is 12.6. The lowest BCUT2D eigenvalue weighted by molar-refractivity contribution is -0.142. The van der Waals surface area contributed by atoms with E-state index in [1.165, 1.54) is 12.8 Å². The predicted octanol–water partition coefficient (Wildman–Crippen LogP) is 5.03. The van der Waals surface area contributed by atoms with Crippen LogP contribution in [0.15, 0.2) is 54.6 Å². The molecule has 3 nitrogen and oxygen atoms in total. The summed E-state index contributed by atoms with van der Waals surface area (Å²) in [4.78, 5) is 15.0. The lowest BCUT2D eigenvalue weighted by Gasteiger charge is -2.29. The zero-order valence-corrected chi connectivity index (χ0v) is 15.8. The molecule has 0 unspecified atom stereocenters. The van der Waals surface area contributed by atoms with Crippen molar-refractivity contribution < 1.29 is 9.90 Å². The van der Waals surface area contributed by atoms with E-state index in [0.29, 0.717) is 6.54 Å². The van der Waals surface area contributed by atoms with E-state index < -0.39 is 5.60 Å². The van der Waals surface area contributed by atoms with Crippen LogP contribution in [-0.4, -0.2) is 11.0 Å². The van der Waals surface area contributed by atoms with E-state index in [0.717, 1.165) is 36.1 Å². The molecule has 2 atom stereocenters. The Morgan fingerprint density at radius 1 is 1.00 bits per heavy atom. The minimum atomic E-state index is -1.42. The Balaban J connectivity index is 1.86. The Labute approximate surface area is 156 Å². The third-order valence-electron chi connectivity index (χ3n) is 5.56. The Kier molecular flexibility index (Phi) is 5.77. The summed E-state index contributed by atoms with van der Waals surface area (Å²) in [6.07, 6.45) is 5.45. The maximum Gasteiger partial charge on any atom is 0.264 e. The summed E-state index contributed by atoms with van der Waals surface area (Å²) in [6.45, 7) is 4.68. The van der Waals surface area contributed by atoms with Crippen LogP contribution < -0.4 is 4.90 Å². The molecule has 1 aliphatic rings. The van der Waals surface area contributed by atoms with Crippen molar-refractivity contribution in [2.75, 3.05) is 4.90 Å². The van der Waals surface area contributed by atoms with Crippen LogP contribution in [0, 0.1) is 5.92 Å². The highest BCUT2D eigenvalue weighted by molar-refractivity contribution is 6.07. The third kappa shape index (κ3) is 3.41. The van der Waals surface area contributed by atoms with Gasteiger partial charge < -0.3 is 10.0 Å². The molecule has 138 valence electrons. The van der Waals surface area contributed by atoms with Crippen LogP contribution in [0.5, 0.6) is 0 Å². The van der Waals surface area contributed by atoms with Crippen molar-refractivity contribution in [1.29, 1.82) is 0 Å². The summed E-state index contributed by atoms with van der Waals surface area (Å²) < 4.78 is 0. The van der Waals surface area contributed by atoms with Gasteiger partial charge in [0.2, 0.25) is 0 Å². The number of hydrogen-bond donors (Lipinski definition) is 1. The van der Waals surface area contributed by atoms with Crippen molar-refractivity contribution in [3.63, 3.8) is 0 Å². The molecule has 0 saturated heterocycles. The monoisotopic (exact) mass is 351 g/mol. The summed E-state index contributed by atoms with van der Waals surface area (Å²) in [5.41, 5.74) is 1.24. The molecule has 26 heavy (non-hydrogen) atoms. The van der Waals surface area contributed by atoms with Gasteiger partial charge in [-0.3, -0.25) is 4.79 Å². The smallest absolute Gasteiger partial charge is 0.264 e. The van der Waals surface area contributed by atoms with Gasteiger partial charge in [-0.2, -0.15) is 0 Å². The van der Waals surface area contributed by atoms with Crippen molar-refractivity contribution in [3.05, 3.63) is 65.7 Å². The normalized spacial score (nSPS) is 20.3. The average molecular weight is 351 g/mol. The lowest BCUT2D eigenvalue weighted by Crippen LogP contribution is -2.44. The Morgan fingerprint density at radius 3 is 2.42 bits per heavy atom. The molecule has 1 N–H and O–H groups in total. The van der Waals surface area contributed by atoms with Crippen LogP contribution in [0.2, 0.25) is 0 Å². The van der Waals surface area contributed by atoms with Gasteiger partial charge in [0.25, 0.3) is 5.91 Å². The van der Waals surface area contributed by atoms with E-state index in [4.69, 9.17) is 0 Å². The topological polar surface area (TPSA) is 40.5 Å². The molecule has 0 aliphatic carbocycles. The number of rotatable bonds is 8. The Bertz CT molecular complexity index is 743. The van der Waals surface area contributed by atoms with Crippen molar-refractivity contribution in [3.8, 4) is 0 Å². The summed E-state index contributed by atoms with van der Waals surface area (Å²) in [7, 11) is 0. The number of nitrogens with zero attached hydrogens (tertiary/aromatic N) is 1. The van der Waals surface area contributed by atoms with E-state index in [-0.39, 0.29) is 11.8 Å². The van der Waals surface area contributed by atoms with Gasteiger partial charge in [0.05, 0.1) is 12.2 Å². The summed E-state index contributed by atoms with van der Waals surface area (Å²) in [6, 6.07) is 17.6. The molecule has 3 rings (SSSR count). The number of aliphatic hydroxyl groups is 1. The summed E-state index contributed by atoms with van der Waals surface area (Å²) in [5.74, 6) is -0.292. The number of amides is 1. The Morgan fingerprint density at radius 2 is 1.69 bits per heavy atom. The minimum Gasteiger partial charge on any atom is -0.375 e. The maximum absolute atomic E-state index is 13.3. The molecule has 2 aromatic rings. The fraction of sp³-hybridized carbons (Fsp3) is 0.435. The predicted molar refractivity (Wildman–Crippen MR) is 106 cm³/mol. The zero-order chi connectivity index (χ0) is 18.6. The van der Waals surface area contributed by atoms with Crippen molar-refractivity contribution in [2.45, 2.75) is 58.1 Å². The molecule has 1 aliphatic heterocycles. The number of fused-ring (bicyclic) bond motifs is 1. The molecule has 2 aromatic carbocycles. The number of anilines is 1. The fourth-order valence-corrected chi connectivity index (χ4v) is 3.95. The van der Waals surface area contributed by atoms with Crippen molar-refractivity contribution >= 4 is 11.6 Å². The molecule has 3 heteroatoms. The van der Waals surface area contributed by atoms with E-state index in [1.807, 2.05) is 61.5 Å². The molecule has 0 fully saturated rings. The minimum absolute atomic E-state index is 0.103. The highest BCUT2D eigenvalue weighted by Crippen LogP contribution is 2.46. The molecule has 0 aromatic heterocycles. The standard InChI is InChI=1S/C23H29NO2/c1-3-4-5-7-12-18(2)23(26)20-15-10-11-16-21(20)24(22(23)25)17-19-13-8-6-9-14-19/h6,8-11,13-16,18,26H,3-5,7,12,17H2,1-2H3/t18-,23+/m0/s1. The van der Waals surface area contributed by atoms with Crippen LogP contribution in [0.3, 0.4) is 0 Å². The zero-order valence-electron chi connectivity index (χ0n) is 15.8. The van der Waals surface area contributed by atoms with E-state index in [2.05, 4.69) is 6.92 Å². The van der Waals surface area contributed by atoms with Gasteiger partial charge >= 0.3 is 0 Å². The molecule has 0 saturated carbocycles. The largest absolute Gasteiger partial charge is 0.375 e. The number of para-hydroxylation sites is 1. The molecular weight excluding hydrogens is 322 g/mol. The molecule has 0 spiro atoms. The van der Waals surface area contributed by atoms with Gasteiger partial charge in [-0.1, -0.05) is 88.1 Å². The molecule has 1 heterocycles. The summed E-state index contributed by atoms with van der Waals surface area (Å²) >= 11 is 0. The number of carbonyl (C=O) groups excluding carboxylic acids is 1. The summed E-state index contributed by atoms with van der Waals surface area (Å²) in [5, 5.41) is 11.5. The third-order valence-corrected chi connectivity index (χ3v) is 5.56. The number of hydrogen-bond acceptors (Lipinski definition) is 2. The van der Waals surface area contributed by atoms with Gasteiger partial charge in [0.1, 0.15) is 0 Å². The van der Waals surface area contributed by atoms with E-state index in [1.54, 1.807) is 4.90 Å². The molecule has 1 amide bonds. The first-order valence-electron chi connectivity index (χ1n) is 9.76. The van der Waals surface area contributed by atoms with Crippen molar-refractivity contribution in [1.82, 2.24) is 0 Å². The van der Waals surface area contributed by atoms with Crippen LogP contribution >= 0.6 is 0 Å². The maximum atomic E-state index is 13.3. The molecule has 0 bridgehead atoms. The van der Waals surface area contributed by atoms with Gasteiger partial charge in [0, 0.05) is 5.56 Å². The van der Waals surface area contributed by atoms with Crippen LogP contribution in [0.1, 0.15) is 57.1 Å².